The van der Waals surface area contributed by atoms with Crippen LogP contribution in [0.3, 0.4) is 0 Å². The van der Waals surface area contributed by atoms with Crippen LogP contribution in [0.25, 0.3) is 0 Å². The monoisotopic (exact) mass is 344 g/mol. The number of methoxy groups -OCH3 is 2. The molecular formula is C19H24N2O4. The first-order chi connectivity index (χ1) is 12.2. The van der Waals surface area contributed by atoms with Crippen LogP contribution in [0, 0.1) is 0 Å². The fourth-order valence-corrected chi connectivity index (χ4v) is 3.17. The second-order valence-corrected chi connectivity index (χ2v) is 6.23. The number of carbonyl (C=O) groups is 1. The predicted octanol–water partition coefficient (Wildman–Crippen LogP) is 3.11. The number of rotatable bonds is 4. The molecule has 0 N–H and O–H groups in total. The molecule has 1 aromatic rings. The van der Waals surface area contributed by atoms with Gasteiger partial charge in [0.05, 0.1) is 14.2 Å². The van der Waals surface area contributed by atoms with Crippen molar-refractivity contribution in [2.75, 3.05) is 27.3 Å². The highest BCUT2D eigenvalue weighted by molar-refractivity contribution is 6.28. The second kappa shape index (κ2) is 8.05. The Morgan fingerprint density at radius 1 is 1.04 bits per heavy atom. The van der Waals surface area contributed by atoms with Gasteiger partial charge in [-0.3, -0.25) is 0 Å². The lowest BCUT2D eigenvalue weighted by Gasteiger charge is -2.23. The number of hydrogen-bond donors (Lipinski definition) is 0. The van der Waals surface area contributed by atoms with Crippen LogP contribution in [0.15, 0.2) is 35.1 Å². The highest BCUT2D eigenvalue weighted by Gasteiger charge is 2.28. The summed E-state index contributed by atoms with van der Waals surface area (Å²) < 4.78 is 10.6. The molecule has 0 spiro atoms. The molecule has 3 rings (SSSR count). The minimum atomic E-state index is -0.410. The van der Waals surface area contributed by atoms with E-state index in [9.17, 15) is 4.79 Å². The highest BCUT2D eigenvalue weighted by Crippen LogP contribution is 2.30. The Kier molecular flexibility index (Phi) is 5.58. The highest BCUT2D eigenvalue weighted by atomic mass is 16.7. The fraction of sp³-hybridized carbons (Fsp3) is 0.474. The van der Waals surface area contributed by atoms with Gasteiger partial charge in [-0.05, 0) is 31.0 Å². The number of oxime groups is 1. The SMILES string of the molecule is COc1ccc(C2=NOC(=O)C2=CN2CCCCCCC2)cc1OC. The lowest BCUT2D eigenvalue weighted by molar-refractivity contribution is -0.136. The Hall–Kier alpha value is -2.50. The molecule has 2 heterocycles. The Balaban J connectivity index is 1.87. The van der Waals surface area contributed by atoms with Gasteiger partial charge in [-0.2, -0.15) is 0 Å². The molecule has 2 aliphatic rings. The molecule has 2 aliphatic heterocycles. The molecule has 0 atom stereocenters. The molecule has 0 aliphatic carbocycles. The maximum absolute atomic E-state index is 12.2. The van der Waals surface area contributed by atoms with Gasteiger partial charge in [0, 0.05) is 24.9 Å². The lowest BCUT2D eigenvalue weighted by atomic mass is 10.0. The molecule has 6 nitrogen and oxygen atoms in total. The summed E-state index contributed by atoms with van der Waals surface area (Å²) in [5, 5.41) is 3.98. The topological polar surface area (TPSA) is 60.4 Å². The third kappa shape index (κ3) is 3.95. The molecule has 6 heteroatoms. The van der Waals surface area contributed by atoms with Gasteiger partial charge in [0.25, 0.3) is 0 Å². The van der Waals surface area contributed by atoms with E-state index in [1.54, 1.807) is 26.4 Å². The minimum Gasteiger partial charge on any atom is -0.493 e. The summed E-state index contributed by atoms with van der Waals surface area (Å²) in [5.74, 6) is 0.811. The van der Waals surface area contributed by atoms with Crippen molar-refractivity contribution in [3.63, 3.8) is 0 Å². The minimum absolute atomic E-state index is 0.410. The van der Waals surface area contributed by atoms with Gasteiger partial charge in [0.2, 0.25) is 0 Å². The molecular weight excluding hydrogens is 320 g/mol. The van der Waals surface area contributed by atoms with Crippen molar-refractivity contribution in [3.05, 3.63) is 35.5 Å². The normalized spacial score (nSPS) is 19.9. The predicted molar refractivity (Wildman–Crippen MR) is 94.9 cm³/mol. The van der Waals surface area contributed by atoms with Crippen LogP contribution < -0.4 is 9.47 Å². The van der Waals surface area contributed by atoms with Crippen molar-refractivity contribution in [2.24, 2.45) is 5.16 Å². The van der Waals surface area contributed by atoms with Gasteiger partial charge in [-0.25, -0.2) is 4.79 Å². The molecule has 0 aromatic heterocycles. The fourth-order valence-electron chi connectivity index (χ4n) is 3.17. The van der Waals surface area contributed by atoms with Crippen molar-refractivity contribution in [2.45, 2.75) is 32.1 Å². The number of likely N-dealkylation sites (tertiary alicyclic amines) is 1. The van der Waals surface area contributed by atoms with E-state index in [-0.39, 0.29) is 0 Å². The molecule has 1 saturated heterocycles. The molecule has 134 valence electrons. The van der Waals surface area contributed by atoms with Crippen LogP contribution in [0.2, 0.25) is 0 Å². The largest absolute Gasteiger partial charge is 0.493 e. The maximum Gasteiger partial charge on any atom is 0.369 e. The Labute approximate surface area is 148 Å². The summed E-state index contributed by atoms with van der Waals surface area (Å²) in [7, 11) is 3.17. The molecule has 0 amide bonds. The van der Waals surface area contributed by atoms with Crippen molar-refractivity contribution < 1.29 is 19.1 Å². The van der Waals surface area contributed by atoms with E-state index in [0.717, 1.165) is 31.5 Å². The van der Waals surface area contributed by atoms with Gasteiger partial charge in [-0.1, -0.05) is 24.4 Å². The number of carbonyl (C=O) groups excluding carboxylic acids is 1. The van der Waals surface area contributed by atoms with E-state index in [2.05, 4.69) is 10.1 Å². The van der Waals surface area contributed by atoms with Crippen molar-refractivity contribution in [3.8, 4) is 11.5 Å². The third-order valence-electron chi connectivity index (χ3n) is 4.55. The maximum atomic E-state index is 12.2. The number of benzene rings is 1. The smallest absolute Gasteiger partial charge is 0.369 e. The molecule has 0 bridgehead atoms. The molecule has 0 radical (unpaired) electrons. The summed E-state index contributed by atoms with van der Waals surface area (Å²) >= 11 is 0. The Bertz CT molecular complexity index is 689. The van der Waals surface area contributed by atoms with Crippen molar-refractivity contribution in [1.82, 2.24) is 4.90 Å². The molecule has 25 heavy (non-hydrogen) atoms. The van der Waals surface area contributed by atoms with Crippen LogP contribution in [-0.2, 0) is 9.63 Å². The van der Waals surface area contributed by atoms with E-state index in [0.29, 0.717) is 22.8 Å². The van der Waals surface area contributed by atoms with Gasteiger partial charge in [0.15, 0.2) is 11.5 Å². The van der Waals surface area contributed by atoms with Crippen molar-refractivity contribution in [1.29, 1.82) is 0 Å². The molecule has 1 aromatic carbocycles. The first-order valence-electron chi connectivity index (χ1n) is 8.71. The van der Waals surface area contributed by atoms with Crippen LogP contribution in [0.5, 0.6) is 11.5 Å². The van der Waals surface area contributed by atoms with Crippen LogP contribution in [0.4, 0.5) is 0 Å². The van der Waals surface area contributed by atoms with Gasteiger partial charge >= 0.3 is 5.97 Å². The lowest BCUT2D eigenvalue weighted by Crippen LogP contribution is -2.24. The van der Waals surface area contributed by atoms with E-state index in [1.807, 2.05) is 12.3 Å². The Morgan fingerprint density at radius 3 is 2.40 bits per heavy atom. The quantitative estimate of drug-likeness (QED) is 0.620. The third-order valence-corrected chi connectivity index (χ3v) is 4.55. The number of nitrogens with zero attached hydrogens (tertiary/aromatic N) is 2. The summed E-state index contributed by atoms with van der Waals surface area (Å²) in [6.07, 6.45) is 7.95. The molecule has 1 fully saturated rings. The van der Waals surface area contributed by atoms with E-state index >= 15 is 0 Å². The molecule has 0 unspecified atom stereocenters. The number of hydrogen-bond acceptors (Lipinski definition) is 6. The number of ether oxygens (including phenoxy) is 2. The van der Waals surface area contributed by atoms with Crippen LogP contribution in [-0.4, -0.2) is 43.9 Å². The van der Waals surface area contributed by atoms with E-state index < -0.39 is 5.97 Å². The summed E-state index contributed by atoms with van der Waals surface area (Å²) in [6, 6.07) is 5.46. The van der Waals surface area contributed by atoms with Gasteiger partial charge in [-0.15, -0.1) is 0 Å². The van der Waals surface area contributed by atoms with Gasteiger partial charge < -0.3 is 19.2 Å². The van der Waals surface area contributed by atoms with E-state index in [1.165, 1.54) is 19.3 Å². The summed E-state index contributed by atoms with van der Waals surface area (Å²) in [6.45, 7) is 1.91. The first-order valence-corrected chi connectivity index (χ1v) is 8.71. The zero-order chi connectivity index (χ0) is 17.6. The summed E-state index contributed by atoms with van der Waals surface area (Å²) in [4.78, 5) is 19.3. The average molecular weight is 344 g/mol. The molecule has 0 saturated carbocycles. The zero-order valence-corrected chi connectivity index (χ0v) is 14.8. The van der Waals surface area contributed by atoms with Gasteiger partial charge in [0.1, 0.15) is 11.3 Å². The second-order valence-electron chi connectivity index (χ2n) is 6.23. The van der Waals surface area contributed by atoms with Crippen LogP contribution >= 0.6 is 0 Å². The average Bonchev–Trinajstić information content (AvgIpc) is 2.97. The first kappa shape index (κ1) is 17.3. The standard InChI is InChI=1S/C19H24N2O4/c1-23-16-9-8-14(12-17(16)24-2)18-15(19(22)25-20-18)13-21-10-6-4-3-5-7-11-21/h8-9,12-13H,3-7,10-11H2,1-2H3. The Morgan fingerprint density at radius 2 is 1.72 bits per heavy atom. The summed E-state index contributed by atoms with van der Waals surface area (Å²) in [5.41, 5.74) is 1.79. The zero-order valence-electron chi connectivity index (χ0n) is 14.8. The van der Waals surface area contributed by atoms with Crippen LogP contribution in [0.1, 0.15) is 37.7 Å². The van der Waals surface area contributed by atoms with Crippen molar-refractivity contribution >= 4 is 11.7 Å². The van der Waals surface area contributed by atoms with E-state index in [4.69, 9.17) is 14.3 Å².